The number of ether oxygens (including phenoxy) is 2. The van der Waals surface area contributed by atoms with Gasteiger partial charge in [0.25, 0.3) is 11.8 Å². The third-order valence-electron chi connectivity index (χ3n) is 5.92. The van der Waals surface area contributed by atoms with Gasteiger partial charge in [-0.2, -0.15) is 5.10 Å². The number of likely N-dealkylation sites (N-methyl/N-ethyl adjacent to an activating group) is 1. The van der Waals surface area contributed by atoms with E-state index in [1.807, 2.05) is 6.07 Å². The minimum Gasteiger partial charge on any atom is -0.454 e. The van der Waals surface area contributed by atoms with Crippen LogP contribution in [-0.4, -0.2) is 47.8 Å². The van der Waals surface area contributed by atoms with Crippen LogP contribution in [0.4, 0.5) is 8.78 Å². The highest BCUT2D eigenvalue weighted by atomic mass is 19.1. The number of halogens is 2. The van der Waals surface area contributed by atoms with Crippen molar-refractivity contribution in [1.29, 1.82) is 0 Å². The van der Waals surface area contributed by atoms with E-state index in [0.717, 1.165) is 11.6 Å². The van der Waals surface area contributed by atoms with Gasteiger partial charge in [0, 0.05) is 19.0 Å². The largest absolute Gasteiger partial charge is 0.454 e. The van der Waals surface area contributed by atoms with E-state index in [0.29, 0.717) is 29.2 Å². The Morgan fingerprint density at radius 1 is 1.00 bits per heavy atom. The summed E-state index contributed by atoms with van der Waals surface area (Å²) < 4.78 is 37.9. The molecule has 3 aromatic carbocycles. The standard InChI is InChI=1S/C26H21F2N3O4/c1-30(26(33)18-3-2-4-20(28)11-18)14-25(32)31-22(17-7-10-23-24(12-17)35-15-34-23)13-21(29-31)16-5-8-19(27)9-6-16/h2-12,22H,13-15H2,1H3/t22-/m0/s1. The summed E-state index contributed by atoms with van der Waals surface area (Å²) in [6.07, 6.45) is 0.387. The van der Waals surface area contributed by atoms with E-state index in [-0.39, 0.29) is 24.7 Å². The third kappa shape index (κ3) is 4.57. The number of hydrogen-bond acceptors (Lipinski definition) is 5. The Morgan fingerprint density at radius 3 is 2.54 bits per heavy atom. The zero-order valence-corrected chi connectivity index (χ0v) is 18.8. The molecule has 0 radical (unpaired) electrons. The summed E-state index contributed by atoms with van der Waals surface area (Å²) in [5, 5.41) is 5.89. The number of nitrogens with zero attached hydrogens (tertiary/aromatic N) is 3. The molecule has 7 nitrogen and oxygen atoms in total. The second-order valence-electron chi connectivity index (χ2n) is 8.30. The summed E-state index contributed by atoms with van der Waals surface area (Å²) in [6.45, 7) is -0.146. The molecule has 178 valence electrons. The van der Waals surface area contributed by atoms with Crippen LogP contribution in [0.1, 0.15) is 33.9 Å². The van der Waals surface area contributed by atoms with Crippen molar-refractivity contribution in [3.8, 4) is 11.5 Å². The van der Waals surface area contributed by atoms with Gasteiger partial charge in [-0.1, -0.05) is 24.3 Å². The predicted molar refractivity (Wildman–Crippen MR) is 123 cm³/mol. The van der Waals surface area contributed by atoms with Gasteiger partial charge in [0.1, 0.15) is 18.2 Å². The molecule has 0 bridgehead atoms. The van der Waals surface area contributed by atoms with Gasteiger partial charge >= 0.3 is 0 Å². The smallest absolute Gasteiger partial charge is 0.262 e. The maximum Gasteiger partial charge on any atom is 0.262 e. The van der Waals surface area contributed by atoms with Crippen molar-refractivity contribution in [2.75, 3.05) is 20.4 Å². The Labute approximate surface area is 200 Å². The maximum absolute atomic E-state index is 13.6. The van der Waals surface area contributed by atoms with Crippen LogP contribution in [0.15, 0.2) is 71.8 Å². The lowest BCUT2D eigenvalue weighted by molar-refractivity contribution is -0.133. The summed E-state index contributed by atoms with van der Waals surface area (Å²) in [4.78, 5) is 27.3. The first-order valence-corrected chi connectivity index (χ1v) is 10.9. The quantitative estimate of drug-likeness (QED) is 0.554. The second kappa shape index (κ2) is 9.17. The fourth-order valence-electron chi connectivity index (χ4n) is 4.13. The van der Waals surface area contributed by atoms with Crippen molar-refractivity contribution in [1.82, 2.24) is 9.91 Å². The first-order chi connectivity index (χ1) is 16.9. The summed E-state index contributed by atoms with van der Waals surface area (Å²) >= 11 is 0. The van der Waals surface area contributed by atoms with Gasteiger partial charge in [-0.3, -0.25) is 9.59 Å². The Morgan fingerprint density at radius 2 is 1.77 bits per heavy atom. The van der Waals surface area contributed by atoms with Crippen molar-refractivity contribution in [3.05, 3.63) is 95.1 Å². The van der Waals surface area contributed by atoms with Crippen molar-refractivity contribution in [2.45, 2.75) is 12.5 Å². The molecule has 0 fully saturated rings. The summed E-state index contributed by atoms with van der Waals surface area (Å²) in [5.41, 5.74) is 2.23. The van der Waals surface area contributed by atoms with E-state index in [1.165, 1.54) is 47.3 Å². The molecule has 3 aromatic rings. The van der Waals surface area contributed by atoms with Crippen LogP contribution in [0.3, 0.4) is 0 Å². The molecule has 5 rings (SSSR count). The molecule has 0 N–H and O–H groups in total. The molecular weight excluding hydrogens is 456 g/mol. The molecule has 2 aliphatic heterocycles. The summed E-state index contributed by atoms with van der Waals surface area (Å²) in [5.74, 6) is -0.624. The minimum atomic E-state index is -0.536. The van der Waals surface area contributed by atoms with Gasteiger partial charge in [-0.25, -0.2) is 13.8 Å². The van der Waals surface area contributed by atoms with Gasteiger partial charge in [-0.05, 0) is 53.6 Å². The van der Waals surface area contributed by atoms with Crippen LogP contribution >= 0.6 is 0 Å². The van der Waals surface area contributed by atoms with Crippen molar-refractivity contribution >= 4 is 17.5 Å². The highest BCUT2D eigenvalue weighted by molar-refractivity contribution is 6.03. The van der Waals surface area contributed by atoms with Gasteiger partial charge in [0.2, 0.25) is 6.79 Å². The van der Waals surface area contributed by atoms with Gasteiger partial charge in [-0.15, -0.1) is 0 Å². The molecule has 9 heteroatoms. The first kappa shape index (κ1) is 22.5. The zero-order valence-electron chi connectivity index (χ0n) is 18.8. The number of fused-ring (bicyclic) bond motifs is 1. The molecule has 0 saturated carbocycles. The van der Waals surface area contributed by atoms with Crippen LogP contribution in [0.2, 0.25) is 0 Å². The van der Waals surface area contributed by atoms with Crippen LogP contribution in [0.5, 0.6) is 11.5 Å². The minimum absolute atomic E-state index is 0.121. The molecule has 0 unspecified atom stereocenters. The first-order valence-electron chi connectivity index (χ1n) is 10.9. The molecule has 0 saturated heterocycles. The van der Waals surface area contributed by atoms with Crippen LogP contribution in [0.25, 0.3) is 0 Å². The lowest BCUT2D eigenvalue weighted by Gasteiger charge is -2.25. The highest BCUT2D eigenvalue weighted by Crippen LogP contribution is 2.39. The van der Waals surface area contributed by atoms with Gasteiger partial charge < -0.3 is 14.4 Å². The Balaban J connectivity index is 1.41. The molecule has 35 heavy (non-hydrogen) atoms. The molecule has 0 spiro atoms. The highest BCUT2D eigenvalue weighted by Gasteiger charge is 2.35. The van der Waals surface area contributed by atoms with E-state index in [4.69, 9.17) is 9.47 Å². The van der Waals surface area contributed by atoms with Crippen molar-refractivity contribution in [2.24, 2.45) is 5.10 Å². The van der Waals surface area contributed by atoms with E-state index in [2.05, 4.69) is 5.10 Å². The predicted octanol–water partition coefficient (Wildman–Crippen LogP) is 4.14. The van der Waals surface area contributed by atoms with Crippen LogP contribution < -0.4 is 9.47 Å². The summed E-state index contributed by atoms with van der Waals surface area (Å²) in [6, 6.07) is 16.1. The zero-order chi connectivity index (χ0) is 24.5. The number of hydrazone groups is 1. The Bertz CT molecular complexity index is 1330. The SMILES string of the molecule is CN(CC(=O)N1N=C(c2ccc(F)cc2)C[C@H]1c1ccc2c(c1)OCO2)C(=O)c1cccc(F)c1. The molecule has 1 atom stereocenters. The van der Waals surface area contributed by atoms with E-state index >= 15 is 0 Å². The Kier molecular flexibility index (Phi) is 5.90. The monoisotopic (exact) mass is 477 g/mol. The van der Waals surface area contributed by atoms with Crippen LogP contribution in [0, 0.1) is 11.6 Å². The molecule has 0 aliphatic carbocycles. The van der Waals surface area contributed by atoms with Crippen LogP contribution in [-0.2, 0) is 4.79 Å². The lowest BCUT2D eigenvalue weighted by Crippen LogP contribution is -2.39. The van der Waals surface area contributed by atoms with Gasteiger partial charge in [0.15, 0.2) is 11.5 Å². The Hall–Kier alpha value is -4.27. The number of rotatable bonds is 5. The third-order valence-corrected chi connectivity index (χ3v) is 5.92. The molecule has 2 heterocycles. The number of carbonyl (C=O) groups is 2. The molecule has 0 aromatic heterocycles. The fourth-order valence-corrected chi connectivity index (χ4v) is 4.13. The number of hydrogen-bond donors (Lipinski definition) is 0. The van der Waals surface area contributed by atoms with Crippen molar-refractivity contribution < 1.29 is 27.8 Å². The number of benzene rings is 3. The maximum atomic E-state index is 13.6. The fraction of sp³-hybridized carbons (Fsp3) is 0.192. The molecular formula is C26H21F2N3O4. The normalized spacial score (nSPS) is 16.3. The number of carbonyl (C=O) groups excluding carboxylic acids is 2. The van der Waals surface area contributed by atoms with E-state index in [9.17, 15) is 18.4 Å². The molecule has 2 aliphatic rings. The number of amides is 2. The topological polar surface area (TPSA) is 71.4 Å². The second-order valence-corrected chi connectivity index (χ2v) is 8.30. The molecule has 2 amide bonds. The average molecular weight is 477 g/mol. The van der Waals surface area contributed by atoms with E-state index < -0.39 is 23.7 Å². The average Bonchev–Trinajstić information content (AvgIpc) is 3.51. The van der Waals surface area contributed by atoms with E-state index in [1.54, 1.807) is 24.3 Å². The lowest BCUT2D eigenvalue weighted by atomic mass is 9.98. The van der Waals surface area contributed by atoms with Gasteiger partial charge in [0.05, 0.1) is 11.8 Å². The van der Waals surface area contributed by atoms with Crippen molar-refractivity contribution in [3.63, 3.8) is 0 Å². The summed E-state index contributed by atoms with van der Waals surface area (Å²) in [7, 11) is 1.47.